The smallest absolute Gasteiger partial charge is 0.222 e. The van der Waals surface area contributed by atoms with Crippen molar-refractivity contribution in [2.45, 2.75) is 38.0 Å². The molecule has 1 aromatic carbocycles. The second-order valence-electron chi connectivity index (χ2n) is 5.59. The van der Waals surface area contributed by atoms with Crippen LogP contribution in [-0.2, 0) is 4.79 Å². The van der Waals surface area contributed by atoms with Crippen LogP contribution in [0, 0.1) is 5.82 Å². The molecule has 0 spiro atoms. The van der Waals surface area contributed by atoms with E-state index in [4.69, 9.17) is 0 Å². The molecule has 0 aliphatic carbocycles. The number of carbonyl (C=O) groups is 1. The lowest BCUT2D eigenvalue weighted by Crippen LogP contribution is -2.28. The summed E-state index contributed by atoms with van der Waals surface area (Å²) in [5.41, 5.74) is 0.421. The van der Waals surface area contributed by atoms with Crippen LogP contribution in [0.1, 0.15) is 38.9 Å². The Kier molecular flexibility index (Phi) is 6.49. The van der Waals surface area contributed by atoms with Gasteiger partial charge in [-0.3, -0.25) is 4.79 Å². The third kappa shape index (κ3) is 6.91. The summed E-state index contributed by atoms with van der Waals surface area (Å²) < 4.78 is 13.2. The molecule has 2 N–H and O–H groups in total. The molecule has 0 saturated heterocycles. The van der Waals surface area contributed by atoms with Gasteiger partial charge in [-0.1, -0.05) is 32.9 Å². The third-order valence-electron chi connectivity index (χ3n) is 2.57. The van der Waals surface area contributed by atoms with Gasteiger partial charge in [0.15, 0.2) is 0 Å². The van der Waals surface area contributed by atoms with Gasteiger partial charge in [0.05, 0.1) is 12.5 Å². The normalized spacial score (nSPS) is 13.1. The van der Waals surface area contributed by atoms with Crippen LogP contribution in [-0.4, -0.2) is 28.1 Å². The van der Waals surface area contributed by atoms with Crippen LogP contribution < -0.4 is 5.32 Å². The van der Waals surface area contributed by atoms with E-state index in [2.05, 4.69) is 26.1 Å². The van der Waals surface area contributed by atoms with Gasteiger partial charge in [0.2, 0.25) is 5.91 Å². The average Bonchev–Trinajstić information content (AvgIpc) is 2.33. The predicted molar refractivity (Wildman–Crippen MR) is 81.2 cm³/mol. The molecule has 0 bridgehead atoms. The summed E-state index contributed by atoms with van der Waals surface area (Å²) in [4.78, 5) is 11.7. The van der Waals surface area contributed by atoms with Crippen molar-refractivity contribution in [1.82, 2.24) is 5.32 Å². The monoisotopic (exact) mass is 299 g/mol. The van der Waals surface area contributed by atoms with E-state index >= 15 is 0 Å². The molecule has 0 saturated carbocycles. The fraction of sp³-hybridized carbons (Fsp3) is 0.533. The minimum Gasteiger partial charge on any atom is -0.388 e. The van der Waals surface area contributed by atoms with Crippen LogP contribution in [0.25, 0.3) is 0 Å². The Morgan fingerprint density at radius 1 is 1.45 bits per heavy atom. The van der Waals surface area contributed by atoms with Gasteiger partial charge in [0.25, 0.3) is 0 Å². The van der Waals surface area contributed by atoms with Gasteiger partial charge < -0.3 is 10.4 Å². The Bertz CT molecular complexity index is 446. The summed E-state index contributed by atoms with van der Waals surface area (Å²) in [6.07, 6.45) is -1.02. The van der Waals surface area contributed by atoms with Gasteiger partial charge in [0.1, 0.15) is 5.82 Å². The van der Waals surface area contributed by atoms with Crippen molar-refractivity contribution in [2.75, 3.05) is 12.3 Å². The number of rotatable bonds is 6. The van der Waals surface area contributed by atoms with E-state index in [1.165, 1.54) is 18.2 Å². The number of hydrogen-bond acceptors (Lipinski definition) is 3. The average molecular weight is 299 g/mol. The van der Waals surface area contributed by atoms with Crippen molar-refractivity contribution >= 4 is 17.7 Å². The molecule has 5 heteroatoms. The zero-order chi connectivity index (χ0) is 15.2. The maximum atomic E-state index is 13.0. The Morgan fingerprint density at radius 2 is 2.15 bits per heavy atom. The second-order valence-corrected chi connectivity index (χ2v) is 7.51. The van der Waals surface area contributed by atoms with Gasteiger partial charge in [-0.2, -0.15) is 11.8 Å². The Balaban J connectivity index is 2.32. The standard InChI is InChI=1S/C15H22FNO2S/c1-15(2,3)20-8-7-17-14(19)10-13(18)11-5-4-6-12(16)9-11/h4-6,9,13,18H,7-8,10H2,1-3H3,(H,17,19). The largest absolute Gasteiger partial charge is 0.388 e. The van der Waals surface area contributed by atoms with Crippen LogP contribution >= 0.6 is 11.8 Å². The summed E-state index contributed by atoms with van der Waals surface area (Å²) in [5, 5.41) is 12.6. The summed E-state index contributed by atoms with van der Waals surface area (Å²) in [5.74, 6) is 0.186. The number of nitrogens with one attached hydrogen (secondary N) is 1. The molecule has 1 unspecified atom stereocenters. The van der Waals surface area contributed by atoms with E-state index in [0.29, 0.717) is 12.1 Å². The molecular weight excluding hydrogens is 277 g/mol. The maximum absolute atomic E-state index is 13.0. The Morgan fingerprint density at radius 3 is 2.75 bits per heavy atom. The van der Waals surface area contributed by atoms with E-state index in [1.807, 2.05) is 0 Å². The lowest BCUT2D eigenvalue weighted by atomic mass is 10.1. The van der Waals surface area contributed by atoms with Crippen LogP contribution in [0.15, 0.2) is 24.3 Å². The highest BCUT2D eigenvalue weighted by Crippen LogP contribution is 2.22. The minimum absolute atomic E-state index is 0.0519. The molecule has 1 atom stereocenters. The summed E-state index contributed by atoms with van der Waals surface area (Å²) in [6.45, 7) is 6.92. The van der Waals surface area contributed by atoms with E-state index in [1.54, 1.807) is 17.8 Å². The minimum atomic E-state index is -0.971. The van der Waals surface area contributed by atoms with Gasteiger partial charge in [-0.15, -0.1) is 0 Å². The summed E-state index contributed by atoms with van der Waals surface area (Å²) in [6, 6.07) is 5.68. The van der Waals surface area contributed by atoms with Crippen molar-refractivity contribution in [3.63, 3.8) is 0 Å². The number of benzene rings is 1. The van der Waals surface area contributed by atoms with E-state index in [9.17, 15) is 14.3 Å². The lowest BCUT2D eigenvalue weighted by molar-refractivity contribution is -0.122. The van der Waals surface area contributed by atoms with Crippen LogP contribution in [0.3, 0.4) is 0 Å². The highest BCUT2D eigenvalue weighted by Gasteiger charge is 2.14. The van der Waals surface area contributed by atoms with Gasteiger partial charge in [-0.25, -0.2) is 4.39 Å². The molecule has 0 radical (unpaired) electrons. The molecule has 112 valence electrons. The van der Waals surface area contributed by atoms with Gasteiger partial charge in [0, 0.05) is 17.0 Å². The fourth-order valence-corrected chi connectivity index (χ4v) is 2.44. The molecule has 1 aromatic rings. The third-order valence-corrected chi connectivity index (χ3v) is 3.85. The molecular formula is C15H22FNO2S. The summed E-state index contributed by atoms with van der Waals surface area (Å²) in [7, 11) is 0. The molecule has 20 heavy (non-hydrogen) atoms. The molecule has 1 amide bonds. The number of aliphatic hydroxyl groups excluding tert-OH is 1. The van der Waals surface area contributed by atoms with E-state index in [0.717, 1.165) is 5.75 Å². The first kappa shape index (κ1) is 17.0. The number of carbonyl (C=O) groups excluding carboxylic acids is 1. The van der Waals surface area contributed by atoms with Gasteiger partial charge in [-0.05, 0) is 17.7 Å². The molecule has 1 rings (SSSR count). The molecule has 0 fully saturated rings. The number of thioether (sulfide) groups is 1. The molecule has 0 aliphatic heterocycles. The molecule has 0 aliphatic rings. The molecule has 3 nitrogen and oxygen atoms in total. The van der Waals surface area contributed by atoms with Crippen LogP contribution in [0.4, 0.5) is 4.39 Å². The Hall–Kier alpha value is -1.07. The number of hydrogen-bond donors (Lipinski definition) is 2. The van der Waals surface area contributed by atoms with Crippen LogP contribution in [0.5, 0.6) is 0 Å². The van der Waals surface area contributed by atoms with Crippen molar-refractivity contribution in [3.8, 4) is 0 Å². The number of halogens is 1. The van der Waals surface area contributed by atoms with E-state index in [-0.39, 0.29) is 17.1 Å². The number of amides is 1. The zero-order valence-corrected chi connectivity index (χ0v) is 13.0. The topological polar surface area (TPSA) is 49.3 Å². The highest BCUT2D eigenvalue weighted by molar-refractivity contribution is 8.00. The maximum Gasteiger partial charge on any atom is 0.222 e. The first-order valence-corrected chi connectivity index (χ1v) is 7.61. The van der Waals surface area contributed by atoms with Crippen LogP contribution in [0.2, 0.25) is 0 Å². The number of aliphatic hydroxyl groups is 1. The van der Waals surface area contributed by atoms with Crippen molar-refractivity contribution in [3.05, 3.63) is 35.6 Å². The zero-order valence-electron chi connectivity index (χ0n) is 12.1. The van der Waals surface area contributed by atoms with Gasteiger partial charge >= 0.3 is 0 Å². The van der Waals surface area contributed by atoms with Crippen molar-refractivity contribution in [1.29, 1.82) is 0 Å². The Labute approximate surface area is 124 Å². The molecule has 0 heterocycles. The fourth-order valence-electron chi connectivity index (χ4n) is 1.63. The summed E-state index contributed by atoms with van der Waals surface area (Å²) >= 11 is 1.77. The SMILES string of the molecule is CC(C)(C)SCCNC(=O)CC(O)c1cccc(F)c1. The highest BCUT2D eigenvalue weighted by atomic mass is 32.2. The first-order valence-electron chi connectivity index (χ1n) is 6.62. The van der Waals surface area contributed by atoms with Crippen molar-refractivity contribution < 1.29 is 14.3 Å². The lowest BCUT2D eigenvalue weighted by Gasteiger charge is -2.17. The first-order chi connectivity index (χ1) is 9.28. The van der Waals surface area contributed by atoms with Crippen molar-refractivity contribution in [2.24, 2.45) is 0 Å². The second kappa shape index (κ2) is 7.64. The quantitative estimate of drug-likeness (QED) is 0.794. The predicted octanol–water partition coefficient (Wildman–Crippen LogP) is 2.90. The molecule has 0 aromatic heterocycles. The van der Waals surface area contributed by atoms with E-state index < -0.39 is 11.9 Å².